The molecule has 4 N–H and O–H groups in total. The van der Waals surface area contributed by atoms with E-state index in [-0.39, 0.29) is 23.3 Å². The Kier molecular flexibility index (Phi) is 13.3. The molecule has 1 aliphatic carbocycles. The number of urea groups is 1. The van der Waals surface area contributed by atoms with Crippen LogP contribution in [0.25, 0.3) is 0 Å². The molecule has 0 aromatic carbocycles. The fourth-order valence-corrected chi connectivity index (χ4v) is 7.13. The van der Waals surface area contributed by atoms with Crippen LogP contribution >= 0.6 is 0 Å². The maximum absolute atomic E-state index is 14.4. The lowest BCUT2D eigenvalue weighted by atomic mass is 9.81. The summed E-state index contributed by atoms with van der Waals surface area (Å²) >= 11 is 0. The minimum Gasteiger partial charge on any atom is -0.376 e. The molecule has 4 rings (SSSR count). The molecule has 6 amide bonds. The number of ether oxygens (including phenoxy) is 1. The summed E-state index contributed by atoms with van der Waals surface area (Å²) in [5.41, 5.74) is -0.451. The topological polar surface area (TPSA) is 166 Å². The molecule has 282 valence electrons. The van der Waals surface area contributed by atoms with Gasteiger partial charge in [-0.1, -0.05) is 67.2 Å². The van der Waals surface area contributed by atoms with E-state index in [0.717, 1.165) is 44.9 Å². The third-order valence-electron chi connectivity index (χ3n) is 10.9. The van der Waals surface area contributed by atoms with Crippen LogP contribution in [0.3, 0.4) is 0 Å². The molecule has 13 nitrogen and oxygen atoms in total. The van der Waals surface area contributed by atoms with Crippen molar-refractivity contribution in [3.05, 3.63) is 0 Å². The Morgan fingerprint density at radius 2 is 1.62 bits per heavy atom. The van der Waals surface area contributed by atoms with Crippen LogP contribution in [0.4, 0.5) is 4.79 Å². The number of fused-ring (bicyclic) bond motifs is 1. The maximum atomic E-state index is 14.4. The SMILES string of the molecule is C[C@@H]1OCCCCCCC[C@@H](C(=O)C(=O)NC2CC2)NC(=O)[C@@H]2[C@@H](C)CCN2C(=O)[C@H]1NC(=O)N[C@H](CN1CCC(C)(C)CC1=O)C(C)(C)C. The molecule has 1 saturated carbocycles. The molecule has 3 saturated heterocycles. The van der Waals surface area contributed by atoms with E-state index in [0.29, 0.717) is 51.9 Å². The zero-order valence-electron chi connectivity index (χ0n) is 31.4. The predicted octanol–water partition coefficient (Wildman–Crippen LogP) is 3.05. The third kappa shape index (κ3) is 10.9. The van der Waals surface area contributed by atoms with Crippen LogP contribution in [0.5, 0.6) is 0 Å². The van der Waals surface area contributed by atoms with Crippen molar-refractivity contribution in [2.24, 2.45) is 16.7 Å². The molecule has 0 spiro atoms. The Bertz CT molecular complexity index is 1260. The second kappa shape index (κ2) is 16.9. The number of amides is 6. The van der Waals surface area contributed by atoms with Gasteiger partial charge in [0.1, 0.15) is 12.1 Å². The summed E-state index contributed by atoms with van der Waals surface area (Å²) in [5, 5.41) is 11.5. The Morgan fingerprint density at radius 1 is 0.940 bits per heavy atom. The second-order valence-electron chi connectivity index (χ2n) is 17.0. The van der Waals surface area contributed by atoms with Crippen LogP contribution in [-0.4, -0.2) is 108 Å². The second-order valence-corrected chi connectivity index (χ2v) is 17.0. The standard InChI is InChI=1S/C37H62N6O7/c1-23-16-18-43-30(23)32(46)39-26(31(45)33(47)38-25-14-15-25)13-11-9-8-10-12-20-50-24(2)29(34(43)48)41-35(49)40-27(36(3,4)5)22-42-19-17-37(6,7)21-28(42)44/h23-27,29-30H,8-22H2,1-7H3,(H,38,47)(H,39,46)(H2,40,41,49)/t23-,24-,26-,27+,29-,30-/m0/s1. The molecular formula is C37H62N6O7. The van der Waals surface area contributed by atoms with Crippen LogP contribution < -0.4 is 21.3 Å². The van der Waals surface area contributed by atoms with Crippen LogP contribution in [0, 0.1) is 16.7 Å². The molecular weight excluding hydrogens is 640 g/mol. The van der Waals surface area contributed by atoms with Gasteiger partial charge in [-0.25, -0.2) is 4.79 Å². The highest BCUT2D eigenvalue weighted by Crippen LogP contribution is 2.32. The van der Waals surface area contributed by atoms with Gasteiger partial charge in [0.2, 0.25) is 23.5 Å². The average molecular weight is 703 g/mol. The number of piperidine rings is 1. The van der Waals surface area contributed by atoms with E-state index in [2.05, 4.69) is 35.1 Å². The number of hydrogen-bond donors (Lipinski definition) is 4. The number of hydrogen-bond acceptors (Lipinski definition) is 7. The minimum atomic E-state index is -1.09. The van der Waals surface area contributed by atoms with Gasteiger partial charge in [0.25, 0.3) is 5.91 Å². The third-order valence-corrected chi connectivity index (χ3v) is 10.9. The molecule has 6 atom stereocenters. The van der Waals surface area contributed by atoms with Gasteiger partial charge in [-0.05, 0) is 62.2 Å². The van der Waals surface area contributed by atoms with Crippen molar-refractivity contribution in [1.29, 1.82) is 0 Å². The molecule has 3 heterocycles. The smallest absolute Gasteiger partial charge is 0.315 e. The summed E-state index contributed by atoms with van der Waals surface area (Å²) in [7, 11) is 0. The van der Waals surface area contributed by atoms with Gasteiger partial charge in [0.05, 0.1) is 18.2 Å². The zero-order chi connectivity index (χ0) is 36.8. The first kappa shape index (κ1) is 39.6. The number of Topliss-reactive ketones (excluding diaryl/α,β-unsaturated/α-hetero) is 1. The van der Waals surface area contributed by atoms with Gasteiger partial charge in [-0.3, -0.25) is 24.0 Å². The number of nitrogens with one attached hydrogen (secondary N) is 4. The van der Waals surface area contributed by atoms with Crippen molar-refractivity contribution in [3.63, 3.8) is 0 Å². The van der Waals surface area contributed by atoms with Crippen LogP contribution in [0.1, 0.15) is 119 Å². The minimum absolute atomic E-state index is 0.0144. The van der Waals surface area contributed by atoms with E-state index >= 15 is 0 Å². The molecule has 3 aliphatic heterocycles. The Morgan fingerprint density at radius 3 is 2.28 bits per heavy atom. The van der Waals surface area contributed by atoms with Crippen molar-refractivity contribution >= 4 is 35.4 Å². The Balaban J connectivity index is 1.52. The lowest BCUT2D eigenvalue weighted by molar-refractivity contribution is -0.145. The van der Waals surface area contributed by atoms with E-state index in [1.54, 1.807) is 6.92 Å². The fraction of sp³-hybridized carbons (Fsp3) is 0.838. The largest absolute Gasteiger partial charge is 0.376 e. The first-order valence-electron chi connectivity index (χ1n) is 18.9. The van der Waals surface area contributed by atoms with E-state index in [9.17, 15) is 28.8 Å². The molecule has 4 fully saturated rings. The molecule has 0 unspecified atom stereocenters. The number of ketones is 1. The van der Waals surface area contributed by atoms with E-state index in [4.69, 9.17) is 4.74 Å². The normalized spacial score (nSPS) is 29.4. The number of carbonyl (C=O) groups is 6. The van der Waals surface area contributed by atoms with Crippen LogP contribution in [-0.2, 0) is 28.7 Å². The highest BCUT2D eigenvalue weighted by molar-refractivity contribution is 6.38. The highest BCUT2D eigenvalue weighted by atomic mass is 16.5. The van der Waals surface area contributed by atoms with Gasteiger partial charge in [-0.2, -0.15) is 0 Å². The summed E-state index contributed by atoms with van der Waals surface area (Å²) in [5.74, 6) is -2.41. The van der Waals surface area contributed by atoms with Crippen molar-refractivity contribution < 1.29 is 33.5 Å². The van der Waals surface area contributed by atoms with Gasteiger partial charge >= 0.3 is 6.03 Å². The Labute approximate surface area is 298 Å². The molecule has 0 aromatic rings. The summed E-state index contributed by atoms with van der Waals surface area (Å²) in [6.45, 7) is 15.5. The van der Waals surface area contributed by atoms with E-state index in [1.807, 2.05) is 32.6 Å². The monoisotopic (exact) mass is 702 g/mol. The average Bonchev–Trinajstić information content (AvgIpc) is 3.76. The van der Waals surface area contributed by atoms with Gasteiger partial charge in [0.15, 0.2) is 0 Å². The predicted molar refractivity (Wildman–Crippen MR) is 189 cm³/mol. The molecule has 50 heavy (non-hydrogen) atoms. The van der Waals surface area contributed by atoms with Gasteiger partial charge < -0.3 is 35.8 Å². The van der Waals surface area contributed by atoms with Crippen molar-refractivity contribution in [3.8, 4) is 0 Å². The first-order valence-corrected chi connectivity index (χ1v) is 18.9. The zero-order valence-corrected chi connectivity index (χ0v) is 31.4. The number of likely N-dealkylation sites (tertiary alicyclic amines) is 1. The lowest BCUT2D eigenvalue weighted by Crippen LogP contribution is -2.62. The lowest BCUT2D eigenvalue weighted by Gasteiger charge is -2.41. The number of rotatable bonds is 7. The summed E-state index contributed by atoms with van der Waals surface area (Å²) in [6.07, 6.45) is 7.25. The fourth-order valence-electron chi connectivity index (χ4n) is 7.13. The van der Waals surface area contributed by atoms with E-state index in [1.165, 1.54) is 4.90 Å². The Hall–Kier alpha value is -3.22. The van der Waals surface area contributed by atoms with Gasteiger partial charge in [-0.15, -0.1) is 0 Å². The summed E-state index contributed by atoms with van der Waals surface area (Å²) < 4.78 is 6.14. The van der Waals surface area contributed by atoms with Crippen molar-refractivity contribution in [2.45, 2.75) is 155 Å². The summed E-state index contributed by atoms with van der Waals surface area (Å²) in [4.78, 5) is 84.2. The molecule has 0 radical (unpaired) electrons. The molecule has 0 bridgehead atoms. The van der Waals surface area contributed by atoms with Crippen molar-refractivity contribution in [1.82, 2.24) is 31.1 Å². The maximum Gasteiger partial charge on any atom is 0.315 e. The van der Waals surface area contributed by atoms with Crippen LogP contribution in [0.2, 0.25) is 0 Å². The quantitative estimate of drug-likeness (QED) is 0.296. The number of nitrogens with zero attached hydrogens (tertiary/aromatic N) is 2. The number of carbonyl (C=O) groups excluding carboxylic acids is 6. The van der Waals surface area contributed by atoms with E-state index < -0.39 is 65.2 Å². The van der Waals surface area contributed by atoms with Gasteiger partial charge in [0, 0.05) is 38.7 Å². The van der Waals surface area contributed by atoms with Crippen LogP contribution in [0.15, 0.2) is 0 Å². The molecule has 0 aromatic heterocycles. The highest BCUT2D eigenvalue weighted by Gasteiger charge is 2.45. The van der Waals surface area contributed by atoms with Crippen molar-refractivity contribution in [2.75, 3.05) is 26.2 Å². The summed E-state index contributed by atoms with van der Waals surface area (Å²) in [6, 6.07) is -3.90. The first-order chi connectivity index (χ1) is 23.5. The molecule has 13 heteroatoms. The molecule has 4 aliphatic rings.